The van der Waals surface area contributed by atoms with Gasteiger partial charge in [-0.05, 0) is 36.8 Å². The van der Waals surface area contributed by atoms with Crippen LogP contribution in [0.4, 0.5) is 0 Å². The maximum absolute atomic E-state index is 11.4. The maximum atomic E-state index is 11.4. The number of nitrogens with zero attached hydrogens (tertiary/aromatic N) is 3. The summed E-state index contributed by atoms with van der Waals surface area (Å²) in [5.41, 5.74) is 1.94. The van der Waals surface area contributed by atoms with Gasteiger partial charge in [-0.2, -0.15) is 5.10 Å². The van der Waals surface area contributed by atoms with Crippen molar-refractivity contribution in [2.24, 2.45) is 5.14 Å². The Kier molecular flexibility index (Phi) is 6.46. The Morgan fingerprint density at radius 1 is 1.19 bits per heavy atom. The van der Waals surface area contributed by atoms with Crippen molar-refractivity contribution in [2.45, 2.75) is 30.9 Å². The lowest BCUT2D eigenvalue weighted by atomic mass is 10.1. The van der Waals surface area contributed by atoms with Crippen molar-refractivity contribution in [3.63, 3.8) is 0 Å². The Morgan fingerprint density at radius 2 is 1.89 bits per heavy atom. The molecular formula is C19H23N5O2S. The molecule has 1 aromatic heterocycles. The van der Waals surface area contributed by atoms with E-state index in [1.54, 1.807) is 23.7 Å². The Hall–Kier alpha value is -2.39. The van der Waals surface area contributed by atoms with E-state index in [9.17, 15) is 9.32 Å². The molecule has 0 amide bonds. The van der Waals surface area contributed by atoms with Gasteiger partial charge >= 0.3 is 0 Å². The van der Waals surface area contributed by atoms with Crippen molar-refractivity contribution >= 4 is 11.0 Å². The van der Waals surface area contributed by atoms with Crippen LogP contribution in [0.15, 0.2) is 59.5 Å². The van der Waals surface area contributed by atoms with E-state index in [2.05, 4.69) is 15.4 Å². The first-order valence-electron chi connectivity index (χ1n) is 8.67. The smallest absolute Gasteiger partial charge is 0.155 e. The van der Waals surface area contributed by atoms with Gasteiger partial charge in [0.05, 0.1) is 23.2 Å². The third kappa shape index (κ3) is 5.30. The SMILES string of the molecule is CC(O)CNCc1nc(Cc2ccccc2)nn1-c1ccc(S(N)=O)cc1. The minimum atomic E-state index is -1.52. The molecule has 0 aliphatic heterocycles. The summed E-state index contributed by atoms with van der Waals surface area (Å²) in [7, 11) is -1.52. The third-order valence-corrected chi connectivity index (χ3v) is 4.70. The van der Waals surface area contributed by atoms with Crippen LogP contribution in [0, 0.1) is 0 Å². The van der Waals surface area contributed by atoms with E-state index in [1.165, 1.54) is 0 Å². The largest absolute Gasteiger partial charge is 0.392 e. The Morgan fingerprint density at radius 3 is 2.52 bits per heavy atom. The predicted octanol–water partition coefficient (Wildman–Crippen LogP) is 1.31. The molecule has 1 heterocycles. The summed E-state index contributed by atoms with van der Waals surface area (Å²) in [6, 6.07) is 17.1. The molecule has 0 saturated carbocycles. The quantitative estimate of drug-likeness (QED) is 0.542. The fourth-order valence-electron chi connectivity index (χ4n) is 2.68. The van der Waals surface area contributed by atoms with Crippen LogP contribution in [-0.4, -0.2) is 36.7 Å². The Balaban J connectivity index is 1.87. The van der Waals surface area contributed by atoms with Gasteiger partial charge in [0.1, 0.15) is 16.8 Å². The third-order valence-electron chi connectivity index (χ3n) is 3.96. The lowest BCUT2D eigenvalue weighted by molar-refractivity contribution is 0.190. The number of nitrogens with one attached hydrogen (secondary N) is 1. The van der Waals surface area contributed by atoms with E-state index in [0.717, 1.165) is 17.1 Å². The van der Waals surface area contributed by atoms with Gasteiger partial charge in [-0.15, -0.1) is 0 Å². The molecule has 0 bridgehead atoms. The highest BCUT2D eigenvalue weighted by atomic mass is 32.2. The molecule has 0 spiro atoms. The molecule has 4 N–H and O–H groups in total. The molecule has 0 fully saturated rings. The van der Waals surface area contributed by atoms with Crippen molar-refractivity contribution in [1.29, 1.82) is 0 Å². The summed E-state index contributed by atoms with van der Waals surface area (Å²) < 4.78 is 13.2. The molecule has 0 saturated heterocycles. The van der Waals surface area contributed by atoms with E-state index < -0.39 is 17.1 Å². The van der Waals surface area contributed by atoms with Gasteiger partial charge in [0.2, 0.25) is 0 Å². The van der Waals surface area contributed by atoms with Crippen molar-refractivity contribution in [3.8, 4) is 5.69 Å². The average molecular weight is 385 g/mol. The number of benzene rings is 2. The first kappa shape index (κ1) is 19.4. The van der Waals surface area contributed by atoms with E-state index >= 15 is 0 Å². The minimum absolute atomic E-state index is 0.441. The zero-order valence-corrected chi connectivity index (χ0v) is 15.9. The van der Waals surface area contributed by atoms with Gasteiger partial charge in [-0.1, -0.05) is 30.3 Å². The Labute approximate surface area is 160 Å². The predicted molar refractivity (Wildman–Crippen MR) is 105 cm³/mol. The lowest BCUT2D eigenvalue weighted by Gasteiger charge is -2.08. The van der Waals surface area contributed by atoms with Gasteiger partial charge in [-0.3, -0.25) is 0 Å². The number of aliphatic hydroxyl groups is 1. The van der Waals surface area contributed by atoms with E-state index in [-0.39, 0.29) is 0 Å². The van der Waals surface area contributed by atoms with E-state index in [4.69, 9.17) is 5.14 Å². The van der Waals surface area contributed by atoms with Crippen molar-refractivity contribution in [3.05, 3.63) is 71.8 Å². The molecule has 7 nitrogen and oxygen atoms in total. The average Bonchev–Trinajstić information content (AvgIpc) is 3.05. The summed E-state index contributed by atoms with van der Waals surface area (Å²) in [6.07, 6.45) is 0.186. The summed E-state index contributed by atoms with van der Waals surface area (Å²) in [5, 5.41) is 22.7. The fourth-order valence-corrected chi connectivity index (χ4v) is 3.08. The maximum Gasteiger partial charge on any atom is 0.155 e. The number of rotatable bonds is 8. The van der Waals surface area contributed by atoms with Gasteiger partial charge in [0, 0.05) is 13.0 Å². The number of hydrogen-bond acceptors (Lipinski definition) is 5. The lowest BCUT2D eigenvalue weighted by Crippen LogP contribution is -2.25. The second-order valence-electron chi connectivity index (χ2n) is 6.29. The second-order valence-corrected chi connectivity index (χ2v) is 7.36. The first-order chi connectivity index (χ1) is 13.0. The summed E-state index contributed by atoms with van der Waals surface area (Å²) in [6.45, 7) is 2.66. The normalized spacial score (nSPS) is 13.4. The fraction of sp³-hybridized carbons (Fsp3) is 0.263. The number of aliphatic hydroxyl groups excluding tert-OH is 1. The van der Waals surface area contributed by atoms with E-state index in [1.807, 2.05) is 42.5 Å². The van der Waals surface area contributed by atoms with Crippen LogP contribution in [-0.2, 0) is 24.0 Å². The summed E-state index contributed by atoms with van der Waals surface area (Å²) in [4.78, 5) is 5.21. The summed E-state index contributed by atoms with van der Waals surface area (Å²) >= 11 is 0. The van der Waals surface area contributed by atoms with Crippen LogP contribution in [0.25, 0.3) is 5.69 Å². The van der Waals surface area contributed by atoms with Crippen LogP contribution < -0.4 is 10.5 Å². The molecule has 8 heteroatoms. The number of nitrogens with two attached hydrogens (primary N) is 1. The number of aromatic nitrogens is 3. The Bertz CT molecular complexity index is 894. The molecule has 2 unspecified atom stereocenters. The van der Waals surface area contributed by atoms with Crippen LogP contribution >= 0.6 is 0 Å². The molecule has 0 aliphatic carbocycles. The molecule has 0 aliphatic rings. The number of hydrogen-bond donors (Lipinski definition) is 3. The van der Waals surface area contributed by atoms with Gasteiger partial charge < -0.3 is 10.4 Å². The molecular weight excluding hydrogens is 362 g/mol. The first-order valence-corrected chi connectivity index (χ1v) is 9.88. The monoisotopic (exact) mass is 385 g/mol. The van der Waals surface area contributed by atoms with Gasteiger partial charge in [0.15, 0.2) is 5.82 Å². The topological polar surface area (TPSA) is 106 Å². The van der Waals surface area contributed by atoms with Crippen LogP contribution in [0.2, 0.25) is 0 Å². The standard InChI is InChI=1S/C19H23N5O2S/c1-14(25)12-21-13-19-22-18(11-15-5-3-2-4-6-15)23-24(19)16-7-9-17(10-8-16)27(20)26/h2-10,14,21,25H,11-13,20H2,1H3. The molecule has 3 rings (SSSR count). The molecule has 142 valence electrons. The zero-order chi connectivity index (χ0) is 19.2. The van der Waals surface area contributed by atoms with Crippen molar-refractivity contribution in [1.82, 2.24) is 20.1 Å². The van der Waals surface area contributed by atoms with E-state index in [0.29, 0.717) is 30.2 Å². The zero-order valence-electron chi connectivity index (χ0n) is 15.1. The van der Waals surface area contributed by atoms with Gasteiger partial charge in [0.25, 0.3) is 0 Å². The van der Waals surface area contributed by atoms with Crippen molar-refractivity contribution in [2.75, 3.05) is 6.54 Å². The summed E-state index contributed by atoms with van der Waals surface area (Å²) in [5.74, 6) is 1.45. The molecule has 2 atom stereocenters. The van der Waals surface area contributed by atoms with Crippen molar-refractivity contribution < 1.29 is 9.32 Å². The molecule has 0 radical (unpaired) electrons. The second kappa shape index (κ2) is 9.01. The molecule has 3 aromatic rings. The van der Waals surface area contributed by atoms with Crippen LogP contribution in [0.3, 0.4) is 0 Å². The minimum Gasteiger partial charge on any atom is -0.392 e. The molecule has 27 heavy (non-hydrogen) atoms. The van der Waals surface area contributed by atoms with Crippen LogP contribution in [0.1, 0.15) is 24.1 Å². The molecule has 2 aromatic carbocycles. The van der Waals surface area contributed by atoms with Crippen LogP contribution in [0.5, 0.6) is 0 Å². The van der Waals surface area contributed by atoms with Gasteiger partial charge in [-0.25, -0.2) is 19.0 Å². The highest BCUT2D eigenvalue weighted by molar-refractivity contribution is 7.82. The highest BCUT2D eigenvalue weighted by Crippen LogP contribution is 2.15. The highest BCUT2D eigenvalue weighted by Gasteiger charge is 2.13.